The smallest absolute Gasteiger partial charge is 0.240 e. The number of nitrogens with one attached hydrogen (secondary N) is 1. The fourth-order valence-corrected chi connectivity index (χ4v) is 2.18. The average Bonchev–Trinajstić information content (AvgIpc) is 2.11. The lowest BCUT2D eigenvalue weighted by atomic mass is 9.96. The summed E-state index contributed by atoms with van der Waals surface area (Å²) in [7, 11) is 0. The number of nitriles is 1. The van der Waals surface area contributed by atoms with E-state index in [-0.39, 0.29) is 23.9 Å². The van der Waals surface area contributed by atoms with Gasteiger partial charge in [-0.2, -0.15) is 5.26 Å². The van der Waals surface area contributed by atoms with Crippen LogP contribution in [0, 0.1) is 17.2 Å². The van der Waals surface area contributed by atoms with Crippen molar-refractivity contribution in [3.8, 4) is 6.07 Å². The molecule has 0 aromatic rings. The fourth-order valence-electron chi connectivity index (χ4n) is 2.18. The van der Waals surface area contributed by atoms with Gasteiger partial charge in [0.2, 0.25) is 5.91 Å². The van der Waals surface area contributed by atoms with Crippen LogP contribution in [0.15, 0.2) is 0 Å². The third-order valence-electron chi connectivity index (χ3n) is 2.64. The Bertz CT molecular complexity index is 304. The molecular formula is C12H21N3O. The summed E-state index contributed by atoms with van der Waals surface area (Å²) in [6, 6.07) is 1.73. The van der Waals surface area contributed by atoms with Crippen LogP contribution in [-0.2, 0) is 4.79 Å². The van der Waals surface area contributed by atoms with Crippen molar-refractivity contribution >= 4 is 5.91 Å². The Labute approximate surface area is 97.6 Å². The third kappa shape index (κ3) is 3.21. The van der Waals surface area contributed by atoms with Crippen LogP contribution in [0.3, 0.4) is 0 Å². The van der Waals surface area contributed by atoms with E-state index in [9.17, 15) is 4.79 Å². The summed E-state index contributed by atoms with van der Waals surface area (Å²) in [6.45, 7) is 9.81. The molecule has 0 bridgehead atoms. The van der Waals surface area contributed by atoms with Crippen molar-refractivity contribution in [2.45, 2.75) is 45.7 Å². The van der Waals surface area contributed by atoms with Gasteiger partial charge < -0.3 is 4.90 Å². The topological polar surface area (TPSA) is 56.1 Å². The van der Waals surface area contributed by atoms with Crippen LogP contribution < -0.4 is 5.32 Å². The van der Waals surface area contributed by atoms with Gasteiger partial charge in [-0.15, -0.1) is 0 Å². The normalized spacial score (nSPS) is 24.6. The first-order chi connectivity index (χ1) is 7.35. The van der Waals surface area contributed by atoms with Gasteiger partial charge in [-0.25, -0.2) is 0 Å². The van der Waals surface area contributed by atoms with Crippen molar-refractivity contribution < 1.29 is 4.79 Å². The Morgan fingerprint density at radius 1 is 1.62 bits per heavy atom. The number of hydrogen-bond acceptors (Lipinski definition) is 3. The Morgan fingerprint density at radius 3 is 2.75 bits per heavy atom. The summed E-state index contributed by atoms with van der Waals surface area (Å²) in [6.07, 6.45) is 0.247. The summed E-state index contributed by atoms with van der Waals surface area (Å²) in [5.74, 6) is 0.523. The van der Waals surface area contributed by atoms with E-state index >= 15 is 0 Å². The maximum atomic E-state index is 12.1. The molecule has 1 amide bonds. The second kappa shape index (κ2) is 4.84. The number of carbonyl (C=O) groups is 1. The Hall–Kier alpha value is -1.08. The largest absolute Gasteiger partial charge is 0.339 e. The van der Waals surface area contributed by atoms with Crippen LogP contribution in [0.25, 0.3) is 0 Å². The molecule has 0 aliphatic carbocycles. The second-order valence-electron chi connectivity index (χ2n) is 5.56. The van der Waals surface area contributed by atoms with E-state index in [0.717, 1.165) is 6.54 Å². The molecule has 1 aliphatic rings. The first-order valence-corrected chi connectivity index (χ1v) is 5.79. The van der Waals surface area contributed by atoms with Gasteiger partial charge in [-0.1, -0.05) is 13.8 Å². The molecule has 0 spiro atoms. The number of amides is 1. The van der Waals surface area contributed by atoms with Gasteiger partial charge >= 0.3 is 0 Å². The molecule has 4 heteroatoms. The van der Waals surface area contributed by atoms with E-state index < -0.39 is 0 Å². The molecule has 0 saturated carbocycles. The van der Waals surface area contributed by atoms with Gasteiger partial charge in [0.15, 0.2) is 0 Å². The van der Waals surface area contributed by atoms with Gasteiger partial charge in [0.1, 0.15) is 6.04 Å². The minimum absolute atomic E-state index is 0.0644. The maximum absolute atomic E-state index is 12.1. The Morgan fingerprint density at radius 2 is 2.25 bits per heavy atom. The van der Waals surface area contributed by atoms with E-state index in [1.807, 2.05) is 4.90 Å². The quantitative estimate of drug-likeness (QED) is 0.780. The van der Waals surface area contributed by atoms with Gasteiger partial charge in [0.25, 0.3) is 0 Å². The van der Waals surface area contributed by atoms with Crippen molar-refractivity contribution in [2.24, 2.45) is 5.92 Å². The van der Waals surface area contributed by atoms with Crippen molar-refractivity contribution in [3.05, 3.63) is 0 Å². The predicted molar refractivity (Wildman–Crippen MR) is 62.7 cm³/mol. The number of carbonyl (C=O) groups excluding carboxylic acids is 1. The summed E-state index contributed by atoms with van der Waals surface area (Å²) in [5, 5.41) is 11.9. The van der Waals surface area contributed by atoms with Gasteiger partial charge in [0.05, 0.1) is 12.5 Å². The molecule has 1 fully saturated rings. The van der Waals surface area contributed by atoms with Crippen LogP contribution in [-0.4, -0.2) is 35.5 Å². The van der Waals surface area contributed by atoms with Gasteiger partial charge in [-0.3, -0.25) is 10.1 Å². The van der Waals surface area contributed by atoms with E-state index in [1.165, 1.54) is 0 Å². The molecule has 0 radical (unpaired) electrons. The zero-order valence-corrected chi connectivity index (χ0v) is 10.6. The highest BCUT2D eigenvalue weighted by Crippen LogP contribution is 2.17. The molecule has 1 N–H and O–H groups in total. The second-order valence-corrected chi connectivity index (χ2v) is 5.56. The molecule has 1 rings (SSSR count). The summed E-state index contributed by atoms with van der Waals surface area (Å²) >= 11 is 0. The van der Waals surface area contributed by atoms with Gasteiger partial charge in [0, 0.05) is 18.6 Å². The minimum atomic E-state index is -0.340. The molecule has 0 aromatic heterocycles. The number of nitrogens with zero attached hydrogens (tertiary/aromatic N) is 2. The minimum Gasteiger partial charge on any atom is -0.339 e. The van der Waals surface area contributed by atoms with E-state index in [0.29, 0.717) is 12.5 Å². The molecule has 16 heavy (non-hydrogen) atoms. The van der Waals surface area contributed by atoms with Crippen LogP contribution in [0.5, 0.6) is 0 Å². The Kier molecular flexibility index (Phi) is 3.93. The van der Waals surface area contributed by atoms with Crippen molar-refractivity contribution in [3.63, 3.8) is 0 Å². The van der Waals surface area contributed by atoms with Crippen molar-refractivity contribution in [1.82, 2.24) is 10.2 Å². The lowest BCUT2D eigenvalue weighted by Crippen LogP contribution is -2.65. The highest BCUT2D eigenvalue weighted by Gasteiger charge is 2.37. The first-order valence-electron chi connectivity index (χ1n) is 5.79. The molecule has 1 unspecified atom stereocenters. The molecule has 90 valence electrons. The average molecular weight is 223 g/mol. The molecule has 1 atom stereocenters. The standard InChI is InChI=1S/C12H21N3O/c1-9(2)7-15-8-12(3,4)14-10(5-6-13)11(15)16/h9-10,14H,5,7-8H2,1-4H3. The van der Waals surface area contributed by atoms with Crippen LogP contribution in [0.4, 0.5) is 0 Å². The molecule has 1 saturated heterocycles. The van der Waals surface area contributed by atoms with Crippen LogP contribution >= 0.6 is 0 Å². The van der Waals surface area contributed by atoms with E-state index in [2.05, 4.69) is 39.1 Å². The van der Waals surface area contributed by atoms with Gasteiger partial charge in [-0.05, 0) is 19.8 Å². The highest BCUT2D eigenvalue weighted by atomic mass is 16.2. The number of hydrogen-bond donors (Lipinski definition) is 1. The highest BCUT2D eigenvalue weighted by molar-refractivity contribution is 5.83. The molecular weight excluding hydrogens is 202 g/mol. The SMILES string of the molecule is CC(C)CN1CC(C)(C)NC(CC#N)C1=O. The first kappa shape index (κ1) is 13.0. The molecule has 1 heterocycles. The van der Waals surface area contributed by atoms with Crippen molar-refractivity contribution in [1.29, 1.82) is 5.26 Å². The lowest BCUT2D eigenvalue weighted by molar-refractivity contribution is -0.139. The maximum Gasteiger partial charge on any atom is 0.240 e. The van der Waals surface area contributed by atoms with Crippen LogP contribution in [0.2, 0.25) is 0 Å². The fraction of sp³-hybridized carbons (Fsp3) is 0.833. The van der Waals surface area contributed by atoms with E-state index in [1.54, 1.807) is 0 Å². The summed E-state index contributed by atoms with van der Waals surface area (Å²) in [5.41, 5.74) is -0.107. The van der Waals surface area contributed by atoms with E-state index in [4.69, 9.17) is 5.26 Å². The third-order valence-corrected chi connectivity index (χ3v) is 2.64. The van der Waals surface area contributed by atoms with Crippen molar-refractivity contribution in [2.75, 3.05) is 13.1 Å². The molecule has 4 nitrogen and oxygen atoms in total. The monoisotopic (exact) mass is 223 g/mol. The Balaban J connectivity index is 2.77. The predicted octanol–water partition coefficient (Wildman–Crippen LogP) is 1.14. The molecule has 1 aliphatic heterocycles. The zero-order valence-electron chi connectivity index (χ0n) is 10.6. The number of rotatable bonds is 3. The molecule has 0 aromatic carbocycles. The summed E-state index contributed by atoms with van der Waals surface area (Å²) in [4.78, 5) is 13.9. The lowest BCUT2D eigenvalue weighted by Gasteiger charge is -2.43. The van der Waals surface area contributed by atoms with Crippen LogP contribution in [0.1, 0.15) is 34.1 Å². The summed E-state index contributed by atoms with van der Waals surface area (Å²) < 4.78 is 0. The zero-order chi connectivity index (χ0) is 12.3. The number of piperazine rings is 1.